The first-order chi connectivity index (χ1) is 6.83. The molecule has 1 aliphatic rings. The molecule has 1 heterocycles. The van der Waals surface area contributed by atoms with Crippen molar-refractivity contribution in [1.29, 1.82) is 0 Å². The lowest BCUT2D eigenvalue weighted by Gasteiger charge is -2.10. The molecule has 0 amide bonds. The molecule has 0 saturated carbocycles. The standard InChI is InChI=1S/C12H19NO/c1-9-10(7-8-13-2)11-5-3-4-6-12(11)14-9/h13H,3-8H2,1-2H3. The second kappa shape index (κ2) is 4.18. The summed E-state index contributed by atoms with van der Waals surface area (Å²) in [6.45, 7) is 3.15. The zero-order valence-corrected chi connectivity index (χ0v) is 9.15. The van der Waals surface area contributed by atoms with Crippen molar-refractivity contribution in [1.82, 2.24) is 5.32 Å². The molecule has 0 aliphatic heterocycles. The van der Waals surface area contributed by atoms with Crippen molar-refractivity contribution in [2.45, 2.75) is 39.0 Å². The molecule has 0 bridgehead atoms. The highest BCUT2D eigenvalue weighted by Crippen LogP contribution is 2.29. The van der Waals surface area contributed by atoms with Gasteiger partial charge in [0.1, 0.15) is 11.5 Å². The number of aryl methyl sites for hydroxylation is 2. The van der Waals surface area contributed by atoms with E-state index < -0.39 is 0 Å². The van der Waals surface area contributed by atoms with Crippen LogP contribution in [0.25, 0.3) is 0 Å². The molecule has 0 fully saturated rings. The fraction of sp³-hybridized carbons (Fsp3) is 0.667. The topological polar surface area (TPSA) is 25.2 Å². The number of fused-ring (bicyclic) bond motifs is 1. The summed E-state index contributed by atoms with van der Waals surface area (Å²) in [5.74, 6) is 2.41. The highest BCUT2D eigenvalue weighted by Gasteiger charge is 2.19. The van der Waals surface area contributed by atoms with Crippen LogP contribution < -0.4 is 5.32 Å². The van der Waals surface area contributed by atoms with E-state index >= 15 is 0 Å². The van der Waals surface area contributed by atoms with Gasteiger partial charge in [0.25, 0.3) is 0 Å². The van der Waals surface area contributed by atoms with Crippen molar-refractivity contribution in [2.75, 3.05) is 13.6 Å². The van der Waals surface area contributed by atoms with Crippen LogP contribution in [0.15, 0.2) is 4.42 Å². The Morgan fingerprint density at radius 2 is 2.07 bits per heavy atom. The summed E-state index contributed by atoms with van der Waals surface area (Å²) in [6.07, 6.45) is 6.12. The normalized spacial score (nSPS) is 15.6. The maximum absolute atomic E-state index is 5.81. The summed E-state index contributed by atoms with van der Waals surface area (Å²) in [5, 5.41) is 3.20. The molecular weight excluding hydrogens is 174 g/mol. The third-order valence-corrected chi connectivity index (χ3v) is 3.11. The van der Waals surface area contributed by atoms with Gasteiger partial charge < -0.3 is 9.73 Å². The molecule has 0 aromatic carbocycles. The third-order valence-electron chi connectivity index (χ3n) is 3.11. The maximum Gasteiger partial charge on any atom is 0.107 e. The SMILES string of the molecule is CNCCc1c(C)oc2c1CCCC2. The maximum atomic E-state index is 5.81. The number of likely N-dealkylation sites (N-methyl/N-ethyl adjacent to an activating group) is 1. The molecule has 0 saturated heterocycles. The van der Waals surface area contributed by atoms with Crippen molar-refractivity contribution in [3.05, 3.63) is 22.6 Å². The van der Waals surface area contributed by atoms with Gasteiger partial charge in [-0.2, -0.15) is 0 Å². The Kier molecular flexibility index (Phi) is 2.92. The Bertz CT molecular complexity index is 314. The van der Waals surface area contributed by atoms with Gasteiger partial charge in [-0.15, -0.1) is 0 Å². The Hall–Kier alpha value is -0.760. The molecule has 78 valence electrons. The van der Waals surface area contributed by atoms with Crippen molar-refractivity contribution >= 4 is 0 Å². The summed E-state index contributed by atoms with van der Waals surface area (Å²) < 4.78 is 5.81. The first kappa shape index (κ1) is 9.78. The molecule has 2 heteroatoms. The summed E-state index contributed by atoms with van der Waals surface area (Å²) >= 11 is 0. The van der Waals surface area contributed by atoms with Crippen LogP contribution >= 0.6 is 0 Å². The van der Waals surface area contributed by atoms with E-state index in [9.17, 15) is 0 Å². The van der Waals surface area contributed by atoms with Gasteiger partial charge in [-0.3, -0.25) is 0 Å². The van der Waals surface area contributed by atoms with E-state index in [1.807, 2.05) is 7.05 Å². The lowest BCUT2D eigenvalue weighted by molar-refractivity contribution is 0.457. The van der Waals surface area contributed by atoms with E-state index in [1.165, 1.54) is 36.1 Å². The number of rotatable bonds is 3. The van der Waals surface area contributed by atoms with Crippen LogP contribution in [-0.4, -0.2) is 13.6 Å². The average molecular weight is 193 g/mol. The van der Waals surface area contributed by atoms with Crippen LogP contribution in [0, 0.1) is 6.92 Å². The predicted octanol–water partition coefficient (Wildman–Crippen LogP) is 2.23. The fourth-order valence-electron chi connectivity index (χ4n) is 2.35. The molecule has 0 atom stereocenters. The molecular formula is C12H19NO. The zero-order chi connectivity index (χ0) is 9.97. The smallest absolute Gasteiger partial charge is 0.107 e. The minimum atomic E-state index is 1.05. The van der Waals surface area contributed by atoms with E-state index in [2.05, 4.69) is 12.2 Å². The molecule has 1 aliphatic carbocycles. The van der Waals surface area contributed by atoms with E-state index in [4.69, 9.17) is 4.42 Å². The van der Waals surface area contributed by atoms with Gasteiger partial charge in [0.2, 0.25) is 0 Å². The zero-order valence-electron chi connectivity index (χ0n) is 9.15. The first-order valence-corrected chi connectivity index (χ1v) is 5.57. The quantitative estimate of drug-likeness (QED) is 0.796. The highest BCUT2D eigenvalue weighted by atomic mass is 16.3. The largest absolute Gasteiger partial charge is 0.466 e. The first-order valence-electron chi connectivity index (χ1n) is 5.57. The molecule has 1 aromatic rings. The molecule has 2 nitrogen and oxygen atoms in total. The highest BCUT2D eigenvalue weighted by molar-refractivity contribution is 5.35. The van der Waals surface area contributed by atoms with Crippen molar-refractivity contribution in [3.63, 3.8) is 0 Å². The third kappa shape index (κ3) is 1.71. The molecule has 2 rings (SSSR count). The Labute approximate surface area is 85.7 Å². The Balaban J connectivity index is 2.24. The Morgan fingerprint density at radius 1 is 1.29 bits per heavy atom. The van der Waals surface area contributed by atoms with Gasteiger partial charge in [-0.25, -0.2) is 0 Å². The lowest BCUT2D eigenvalue weighted by atomic mass is 9.93. The monoisotopic (exact) mass is 193 g/mol. The minimum Gasteiger partial charge on any atom is -0.466 e. The number of furan rings is 1. The summed E-state index contributed by atoms with van der Waals surface area (Å²) in [7, 11) is 2.00. The van der Waals surface area contributed by atoms with E-state index in [-0.39, 0.29) is 0 Å². The van der Waals surface area contributed by atoms with Gasteiger partial charge in [0.05, 0.1) is 0 Å². The van der Waals surface area contributed by atoms with Gasteiger partial charge in [-0.05, 0) is 57.3 Å². The number of hydrogen-bond donors (Lipinski definition) is 1. The second-order valence-corrected chi connectivity index (χ2v) is 4.10. The molecule has 0 radical (unpaired) electrons. The van der Waals surface area contributed by atoms with Crippen LogP contribution in [0.3, 0.4) is 0 Å². The van der Waals surface area contributed by atoms with Crippen LogP contribution in [-0.2, 0) is 19.3 Å². The number of hydrogen-bond acceptors (Lipinski definition) is 2. The minimum absolute atomic E-state index is 1.05. The van der Waals surface area contributed by atoms with Gasteiger partial charge in [0, 0.05) is 6.42 Å². The summed E-state index contributed by atoms with van der Waals surface area (Å²) in [5.41, 5.74) is 2.98. The predicted molar refractivity (Wildman–Crippen MR) is 57.7 cm³/mol. The van der Waals surface area contributed by atoms with Gasteiger partial charge >= 0.3 is 0 Å². The molecule has 0 spiro atoms. The molecule has 1 N–H and O–H groups in total. The van der Waals surface area contributed by atoms with Crippen molar-refractivity contribution < 1.29 is 4.42 Å². The molecule has 1 aromatic heterocycles. The van der Waals surface area contributed by atoms with Crippen LogP contribution in [0.4, 0.5) is 0 Å². The number of nitrogens with one attached hydrogen (secondary N) is 1. The summed E-state index contributed by atoms with van der Waals surface area (Å²) in [6, 6.07) is 0. The molecule has 14 heavy (non-hydrogen) atoms. The van der Waals surface area contributed by atoms with E-state index in [0.29, 0.717) is 0 Å². The van der Waals surface area contributed by atoms with Crippen molar-refractivity contribution in [2.24, 2.45) is 0 Å². The van der Waals surface area contributed by atoms with Crippen molar-refractivity contribution in [3.8, 4) is 0 Å². The van der Waals surface area contributed by atoms with Gasteiger partial charge in [0.15, 0.2) is 0 Å². The van der Waals surface area contributed by atoms with Gasteiger partial charge in [-0.1, -0.05) is 0 Å². The van der Waals surface area contributed by atoms with E-state index in [0.717, 1.165) is 25.1 Å². The van der Waals surface area contributed by atoms with E-state index in [1.54, 1.807) is 0 Å². The van der Waals surface area contributed by atoms with Crippen LogP contribution in [0.5, 0.6) is 0 Å². The fourth-order valence-corrected chi connectivity index (χ4v) is 2.35. The summed E-state index contributed by atoms with van der Waals surface area (Å²) in [4.78, 5) is 0. The van der Waals surface area contributed by atoms with Crippen LogP contribution in [0.1, 0.15) is 35.5 Å². The second-order valence-electron chi connectivity index (χ2n) is 4.10. The average Bonchev–Trinajstić information content (AvgIpc) is 2.51. The lowest BCUT2D eigenvalue weighted by Crippen LogP contribution is -2.12. The molecule has 0 unspecified atom stereocenters. The Morgan fingerprint density at radius 3 is 2.86 bits per heavy atom. The van der Waals surface area contributed by atoms with Crippen LogP contribution in [0.2, 0.25) is 0 Å².